The molecule has 0 unspecified atom stereocenters. The summed E-state index contributed by atoms with van der Waals surface area (Å²) in [5.74, 6) is 0.944. The lowest BCUT2D eigenvalue weighted by atomic mass is 10.3. The molecular weight excluding hydrogens is 244 g/mol. The summed E-state index contributed by atoms with van der Waals surface area (Å²) in [5.41, 5.74) is 2.24. The van der Waals surface area contributed by atoms with Gasteiger partial charge in [0.25, 0.3) is 0 Å². The third kappa shape index (κ3) is 2.14. The second-order valence-corrected chi connectivity index (χ2v) is 5.18. The van der Waals surface area contributed by atoms with E-state index in [4.69, 9.17) is 0 Å². The normalized spacial score (nSPS) is 11.2. The van der Waals surface area contributed by atoms with E-state index in [1.54, 1.807) is 11.3 Å². The van der Waals surface area contributed by atoms with Crippen molar-refractivity contribution in [2.24, 2.45) is 0 Å². The predicted molar refractivity (Wildman–Crippen MR) is 72.6 cm³/mol. The fourth-order valence-electron chi connectivity index (χ4n) is 1.88. The summed E-state index contributed by atoms with van der Waals surface area (Å²) in [5, 5.41) is 13.9. The molecule has 0 amide bonds. The predicted octanol–water partition coefficient (Wildman–Crippen LogP) is 2.39. The molecule has 0 bridgehead atoms. The standard InChI is InChI=1S/C13H14N4S/c1-10-5-7-18-11(10)8-14-9-13-16-15-12-4-2-3-6-17(12)13/h2-7,14H,8-9H2,1H3. The number of hydrogen-bond donors (Lipinski definition) is 1. The molecule has 0 spiro atoms. The van der Waals surface area contributed by atoms with Gasteiger partial charge in [0, 0.05) is 17.6 Å². The Morgan fingerprint density at radius 3 is 3.00 bits per heavy atom. The zero-order chi connectivity index (χ0) is 12.4. The van der Waals surface area contributed by atoms with E-state index in [9.17, 15) is 0 Å². The molecule has 92 valence electrons. The van der Waals surface area contributed by atoms with E-state index in [1.165, 1.54) is 10.4 Å². The summed E-state index contributed by atoms with van der Waals surface area (Å²) >= 11 is 1.79. The number of aryl methyl sites for hydroxylation is 1. The van der Waals surface area contributed by atoms with Gasteiger partial charge in [-0.3, -0.25) is 4.40 Å². The van der Waals surface area contributed by atoms with Crippen LogP contribution < -0.4 is 5.32 Å². The van der Waals surface area contributed by atoms with E-state index >= 15 is 0 Å². The molecule has 0 aliphatic rings. The van der Waals surface area contributed by atoms with Gasteiger partial charge in [-0.2, -0.15) is 0 Å². The molecule has 0 aromatic carbocycles. The topological polar surface area (TPSA) is 42.2 Å². The molecule has 0 aliphatic carbocycles. The number of nitrogens with one attached hydrogen (secondary N) is 1. The molecule has 3 rings (SSSR count). The van der Waals surface area contributed by atoms with E-state index < -0.39 is 0 Å². The van der Waals surface area contributed by atoms with Gasteiger partial charge >= 0.3 is 0 Å². The first kappa shape index (κ1) is 11.4. The Balaban J connectivity index is 1.68. The first-order chi connectivity index (χ1) is 8.84. The Morgan fingerprint density at radius 2 is 2.17 bits per heavy atom. The number of pyridine rings is 1. The summed E-state index contributed by atoms with van der Waals surface area (Å²) in [4.78, 5) is 1.38. The molecule has 3 heterocycles. The molecule has 0 radical (unpaired) electrons. The third-order valence-corrected chi connectivity index (χ3v) is 3.94. The molecule has 1 N–H and O–H groups in total. The number of nitrogens with zero attached hydrogens (tertiary/aromatic N) is 3. The highest BCUT2D eigenvalue weighted by atomic mass is 32.1. The molecule has 0 saturated heterocycles. The zero-order valence-corrected chi connectivity index (χ0v) is 10.9. The van der Waals surface area contributed by atoms with Gasteiger partial charge in [0.15, 0.2) is 11.5 Å². The first-order valence-electron chi connectivity index (χ1n) is 5.87. The molecule has 5 heteroatoms. The number of fused-ring (bicyclic) bond motifs is 1. The van der Waals surface area contributed by atoms with Gasteiger partial charge in [-0.25, -0.2) is 0 Å². The van der Waals surface area contributed by atoms with Crippen LogP contribution in [0, 0.1) is 6.92 Å². The van der Waals surface area contributed by atoms with Crippen LogP contribution in [0.3, 0.4) is 0 Å². The largest absolute Gasteiger partial charge is 0.305 e. The van der Waals surface area contributed by atoms with Gasteiger partial charge in [-0.15, -0.1) is 21.5 Å². The van der Waals surface area contributed by atoms with Crippen molar-refractivity contribution in [3.63, 3.8) is 0 Å². The molecule has 0 fully saturated rings. The maximum Gasteiger partial charge on any atom is 0.160 e. The Hall–Kier alpha value is -1.72. The van der Waals surface area contributed by atoms with E-state index in [2.05, 4.69) is 33.9 Å². The molecule has 0 saturated carbocycles. The van der Waals surface area contributed by atoms with Gasteiger partial charge in [0.1, 0.15) is 0 Å². The van der Waals surface area contributed by atoms with Crippen molar-refractivity contribution in [1.82, 2.24) is 19.9 Å². The van der Waals surface area contributed by atoms with Crippen LogP contribution in [-0.2, 0) is 13.1 Å². The van der Waals surface area contributed by atoms with E-state index in [0.29, 0.717) is 0 Å². The average Bonchev–Trinajstić information content (AvgIpc) is 2.97. The molecule has 18 heavy (non-hydrogen) atoms. The average molecular weight is 258 g/mol. The lowest BCUT2D eigenvalue weighted by Gasteiger charge is -2.03. The Kier molecular flexibility index (Phi) is 3.08. The van der Waals surface area contributed by atoms with Gasteiger partial charge in [0.05, 0.1) is 6.54 Å². The van der Waals surface area contributed by atoms with Gasteiger partial charge in [-0.1, -0.05) is 6.07 Å². The van der Waals surface area contributed by atoms with Gasteiger partial charge in [-0.05, 0) is 36.1 Å². The van der Waals surface area contributed by atoms with Crippen molar-refractivity contribution in [3.05, 3.63) is 52.1 Å². The van der Waals surface area contributed by atoms with Gasteiger partial charge in [0.2, 0.25) is 0 Å². The summed E-state index contributed by atoms with van der Waals surface area (Å²) in [7, 11) is 0. The lowest BCUT2D eigenvalue weighted by molar-refractivity contribution is 0.661. The van der Waals surface area contributed by atoms with Crippen molar-refractivity contribution in [2.75, 3.05) is 0 Å². The SMILES string of the molecule is Cc1ccsc1CNCc1nnc2ccccn12. The molecule has 0 aliphatic heterocycles. The third-order valence-electron chi connectivity index (χ3n) is 2.92. The van der Waals surface area contributed by atoms with E-state index in [1.807, 2.05) is 28.8 Å². The summed E-state index contributed by atoms with van der Waals surface area (Å²) in [6.07, 6.45) is 1.99. The maximum atomic E-state index is 4.19. The minimum Gasteiger partial charge on any atom is -0.305 e. The molecule has 3 aromatic rings. The zero-order valence-electron chi connectivity index (χ0n) is 10.1. The quantitative estimate of drug-likeness (QED) is 0.781. The Morgan fingerprint density at radius 1 is 1.22 bits per heavy atom. The van der Waals surface area contributed by atoms with Crippen molar-refractivity contribution in [2.45, 2.75) is 20.0 Å². The minimum absolute atomic E-state index is 0.725. The number of thiophene rings is 1. The Labute approximate surface area is 109 Å². The fraction of sp³-hybridized carbons (Fsp3) is 0.231. The van der Waals surface area contributed by atoms with Crippen molar-refractivity contribution >= 4 is 17.0 Å². The molecule has 3 aromatic heterocycles. The van der Waals surface area contributed by atoms with Gasteiger partial charge < -0.3 is 5.32 Å². The smallest absolute Gasteiger partial charge is 0.160 e. The summed E-state index contributed by atoms with van der Waals surface area (Å²) < 4.78 is 2.01. The van der Waals surface area contributed by atoms with Crippen LogP contribution in [-0.4, -0.2) is 14.6 Å². The summed E-state index contributed by atoms with van der Waals surface area (Å²) in [6, 6.07) is 8.06. The lowest BCUT2D eigenvalue weighted by Crippen LogP contribution is -2.14. The number of hydrogen-bond acceptors (Lipinski definition) is 4. The van der Waals surface area contributed by atoms with Crippen molar-refractivity contribution < 1.29 is 0 Å². The maximum absolute atomic E-state index is 4.19. The number of aromatic nitrogens is 3. The molecule has 0 atom stereocenters. The second-order valence-electron chi connectivity index (χ2n) is 4.18. The van der Waals surface area contributed by atoms with Crippen LogP contribution in [0.2, 0.25) is 0 Å². The Bertz CT molecular complexity index is 656. The fourth-order valence-corrected chi connectivity index (χ4v) is 2.76. The highest BCUT2D eigenvalue weighted by Crippen LogP contribution is 2.15. The van der Waals surface area contributed by atoms with Crippen LogP contribution >= 0.6 is 11.3 Å². The first-order valence-corrected chi connectivity index (χ1v) is 6.75. The van der Waals surface area contributed by atoms with Crippen LogP contribution in [0.15, 0.2) is 35.8 Å². The van der Waals surface area contributed by atoms with Crippen LogP contribution in [0.4, 0.5) is 0 Å². The van der Waals surface area contributed by atoms with E-state index in [-0.39, 0.29) is 0 Å². The molecule has 4 nitrogen and oxygen atoms in total. The second kappa shape index (κ2) is 4.88. The van der Waals surface area contributed by atoms with Crippen LogP contribution in [0.5, 0.6) is 0 Å². The van der Waals surface area contributed by atoms with Crippen LogP contribution in [0.25, 0.3) is 5.65 Å². The van der Waals surface area contributed by atoms with Crippen LogP contribution in [0.1, 0.15) is 16.3 Å². The minimum atomic E-state index is 0.725. The highest BCUT2D eigenvalue weighted by Gasteiger charge is 2.04. The summed E-state index contributed by atoms with van der Waals surface area (Å²) in [6.45, 7) is 3.74. The monoisotopic (exact) mass is 258 g/mol. The number of rotatable bonds is 4. The van der Waals surface area contributed by atoms with Crippen molar-refractivity contribution in [1.29, 1.82) is 0 Å². The van der Waals surface area contributed by atoms with Crippen molar-refractivity contribution in [3.8, 4) is 0 Å². The molecular formula is C13H14N4S. The highest BCUT2D eigenvalue weighted by molar-refractivity contribution is 7.10. The van der Waals surface area contributed by atoms with E-state index in [0.717, 1.165) is 24.6 Å².